The molecule has 0 bridgehead atoms. The molecule has 2 fully saturated rings. The largest absolute Gasteiger partial charge is 0.489 e. The van der Waals surface area contributed by atoms with Crippen molar-refractivity contribution >= 4 is 18.0 Å². The summed E-state index contributed by atoms with van der Waals surface area (Å²) in [5.74, 6) is -1.81. The van der Waals surface area contributed by atoms with E-state index in [0.717, 1.165) is 34.4 Å². The number of rotatable bonds is 16. The first kappa shape index (κ1) is 41.3. The van der Waals surface area contributed by atoms with E-state index in [1.54, 1.807) is 32.0 Å². The zero-order chi connectivity index (χ0) is 40.4. The van der Waals surface area contributed by atoms with Crippen LogP contribution in [0.2, 0.25) is 0 Å². The van der Waals surface area contributed by atoms with Crippen molar-refractivity contribution in [2.45, 2.75) is 71.3 Å². The topological polar surface area (TPSA) is 158 Å². The van der Waals surface area contributed by atoms with Gasteiger partial charge in [0.1, 0.15) is 24.4 Å². The summed E-state index contributed by atoms with van der Waals surface area (Å²) in [5.41, 5.74) is 6.46. The Bertz CT molecular complexity index is 1910. The maximum atomic E-state index is 13.9. The number of esters is 1. The molecule has 6 unspecified atom stereocenters. The number of carbonyl (C=O) groups is 3. The van der Waals surface area contributed by atoms with Crippen LogP contribution in [0.15, 0.2) is 103 Å². The molecule has 1 aromatic heterocycles. The molecule has 2 aliphatic heterocycles. The van der Waals surface area contributed by atoms with Gasteiger partial charge in [-0.05, 0) is 59.2 Å². The van der Waals surface area contributed by atoms with Crippen LogP contribution in [-0.4, -0.2) is 84.5 Å². The van der Waals surface area contributed by atoms with Crippen molar-refractivity contribution < 1.29 is 43.2 Å². The minimum atomic E-state index is -1.24. The maximum absolute atomic E-state index is 13.9. The van der Waals surface area contributed by atoms with Crippen LogP contribution in [0.25, 0.3) is 11.3 Å². The molecule has 3 N–H and O–H groups in total. The molecule has 2 aliphatic rings. The van der Waals surface area contributed by atoms with Crippen molar-refractivity contribution in [2.24, 2.45) is 17.3 Å². The number of carbonyl (C=O) groups excluding carboxylic acids is 3. The first-order valence-corrected chi connectivity index (χ1v) is 19.2. The highest BCUT2D eigenvalue weighted by Crippen LogP contribution is 2.33. The molecule has 2 amide bonds. The standard InChI is InChI=1S/C44H52N4O9/c1-44(2,3)39(41(51)53-4)40(50)46-36(24-29-15-19-33(20-16-29)55-27-31-10-6-5-7-11-31)37(49)26-48(47-43(52)57-38-28-56-42-34(38)21-23-54-42)25-30-13-17-32(18-14-30)35-12-8-9-22-45-35/h5-20,22,34,36-39,42,49H,21,23-28H2,1-4H3,(H,46,50)(H,47,52). The Kier molecular flexibility index (Phi) is 13.9. The Balaban J connectivity index is 1.21. The number of nitrogens with zero attached hydrogens (tertiary/aromatic N) is 2. The van der Waals surface area contributed by atoms with Gasteiger partial charge >= 0.3 is 12.1 Å². The second-order valence-corrected chi connectivity index (χ2v) is 15.5. The molecule has 57 heavy (non-hydrogen) atoms. The third-order valence-electron chi connectivity index (χ3n) is 10.2. The number of aliphatic hydroxyl groups excluding tert-OH is 1. The van der Waals surface area contributed by atoms with Crippen molar-refractivity contribution in [3.05, 3.63) is 120 Å². The van der Waals surface area contributed by atoms with E-state index in [1.165, 1.54) is 7.11 Å². The van der Waals surface area contributed by atoms with E-state index in [2.05, 4.69) is 15.7 Å². The lowest BCUT2D eigenvalue weighted by Gasteiger charge is -2.33. The molecular weight excluding hydrogens is 729 g/mol. The Morgan fingerprint density at radius 3 is 2.32 bits per heavy atom. The van der Waals surface area contributed by atoms with Gasteiger partial charge in [0.25, 0.3) is 0 Å². The molecule has 302 valence electrons. The number of pyridine rings is 1. The smallest absolute Gasteiger partial charge is 0.422 e. The zero-order valence-electron chi connectivity index (χ0n) is 32.8. The van der Waals surface area contributed by atoms with Gasteiger partial charge in [-0.1, -0.05) is 93.6 Å². The highest BCUT2D eigenvalue weighted by molar-refractivity contribution is 5.98. The molecule has 4 aromatic rings. The fourth-order valence-corrected chi connectivity index (χ4v) is 7.12. The van der Waals surface area contributed by atoms with E-state index in [-0.39, 0.29) is 32.0 Å². The van der Waals surface area contributed by atoms with Crippen LogP contribution >= 0.6 is 0 Å². The van der Waals surface area contributed by atoms with Crippen LogP contribution in [0.4, 0.5) is 4.79 Å². The lowest BCUT2D eigenvalue weighted by Crippen LogP contribution is -2.55. The number of methoxy groups -OCH3 is 1. The molecule has 13 nitrogen and oxygen atoms in total. The molecule has 6 rings (SSSR count). The summed E-state index contributed by atoms with van der Waals surface area (Å²) < 4.78 is 28.1. The van der Waals surface area contributed by atoms with Crippen molar-refractivity contribution in [2.75, 3.05) is 26.9 Å². The molecule has 0 radical (unpaired) electrons. The minimum absolute atomic E-state index is 0.0609. The van der Waals surface area contributed by atoms with Crippen molar-refractivity contribution in [1.29, 1.82) is 0 Å². The highest BCUT2D eigenvalue weighted by atomic mass is 16.7. The van der Waals surface area contributed by atoms with Crippen molar-refractivity contribution in [3.63, 3.8) is 0 Å². The maximum Gasteiger partial charge on any atom is 0.422 e. The normalized spacial score (nSPS) is 19.2. The minimum Gasteiger partial charge on any atom is -0.489 e. The summed E-state index contributed by atoms with van der Waals surface area (Å²) in [6.45, 7) is 6.56. The Hall–Kier alpha value is -5.34. The zero-order valence-corrected chi connectivity index (χ0v) is 32.8. The molecule has 0 aliphatic carbocycles. The predicted molar refractivity (Wildman–Crippen MR) is 211 cm³/mol. The fourth-order valence-electron chi connectivity index (χ4n) is 7.12. The number of amides is 2. The number of hydrogen-bond donors (Lipinski definition) is 3. The summed E-state index contributed by atoms with van der Waals surface area (Å²) in [5, 5.41) is 16.5. The lowest BCUT2D eigenvalue weighted by molar-refractivity contribution is -0.155. The van der Waals surface area contributed by atoms with Gasteiger partial charge < -0.3 is 34.1 Å². The third kappa shape index (κ3) is 11.4. The summed E-state index contributed by atoms with van der Waals surface area (Å²) in [6.07, 6.45) is -0.180. The quantitative estimate of drug-likeness (QED) is 0.0754. The second kappa shape index (κ2) is 19.2. The van der Waals surface area contributed by atoms with Crippen LogP contribution in [0.3, 0.4) is 0 Å². The number of benzene rings is 3. The van der Waals surface area contributed by atoms with Gasteiger partial charge in [0.2, 0.25) is 5.91 Å². The van der Waals surface area contributed by atoms with Gasteiger partial charge in [-0.15, -0.1) is 0 Å². The van der Waals surface area contributed by atoms with Gasteiger partial charge in [0.15, 0.2) is 6.29 Å². The van der Waals surface area contributed by atoms with Crippen molar-refractivity contribution in [1.82, 2.24) is 20.7 Å². The molecule has 0 spiro atoms. The predicted octanol–water partition coefficient (Wildman–Crippen LogP) is 5.46. The van der Waals surface area contributed by atoms with Crippen LogP contribution in [-0.2, 0) is 48.1 Å². The molecule has 3 heterocycles. The van der Waals surface area contributed by atoms with E-state index >= 15 is 0 Å². The Morgan fingerprint density at radius 1 is 0.912 bits per heavy atom. The van der Waals surface area contributed by atoms with E-state index in [4.69, 9.17) is 23.7 Å². The number of hydrazine groups is 1. The first-order valence-electron chi connectivity index (χ1n) is 19.2. The van der Waals surface area contributed by atoms with Crippen LogP contribution in [0, 0.1) is 17.3 Å². The summed E-state index contributed by atoms with van der Waals surface area (Å²) >= 11 is 0. The first-order chi connectivity index (χ1) is 27.5. The average molecular weight is 781 g/mol. The number of aliphatic hydroxyl groups is 1. The second-order valence-electron chi connectivity index (χ2n) is 15.5. The van der Waals surface area contributed by atoms with E-state index in [0.29, 0.717) is 19.0 Å². The SMILES string of the molecule is COC(=O)C(C(=O)NC(Cc1ccc(OCc2ccccc2)cc1)C(O)CN(Cc1ccc(-c2ccccn2)cc1)NC(=O)OC1COC2OCCC12)C(C)(C)C. The number of hydrogen-bond acceptors (Lipinski definition) is 11. The molecule has 2 saturated heterocycles. The van der Waals surface area contributed by atoms with Crippen molar-refractivity contribution in [3.8, 4) is 17.0 Å². The monoisotopic (exact) mass is 780 g/mol. The third-order valence-corrected chi connectivity index (χ3v) is 10.2. The van der Waals surface area contributed by atoms with Crippen LogP contribution < -0.4 is 15.5 Å². The summed E-state index contributed by atoms with van der Waals surface area (Å²) in [6, 6.07) is 29.8. The summed E-state index contributed by atoms with van der Waals surface area (Å²) in [4.78, 5) is 44.6. The number of ether oxygens (including phenoxy) is 5. The summed E-state index contributed by atoms with van der Waals surface area (Å²) in [7, 11) is 1.24. The Morgan fingerprint density at radius 2 is 1.63 bits per heavy atom. The molecular formula is C44H52N4O9. The lowest BCUT2D eigenvalue weighted by atomic mass is 9.80. The Labute approximate surface area is 333 Å². The van der Waals surface area contributed by atoms with E-state index in [9.17, 15) is 19.5 Å². The molecule has 3 aromatic carbocycles. The van der Waals surface area contributed by atoms with Gasteiger partial charge in [0, 0.05) is 24.8 Å². The van der Waals surface area contributed by atoms with Crippen LogP contribution in [0.5, 0.6) is 5.75 Å². The van der Waals surface area contributed by atoms with Gasteiger partial charge in [0.05, 0.1) is 44.1 Å². The average Bonchev–Trinajstić information content (AvgIpc) is 3.83. The molecule has 0 saturated carbocycles. The molecule has 13 heteroatoms. The highest BCUT2D eigenvalue weighted by Gasteiger charge is 2.44. The van der Waals surface area contributed by atoms with E-state index in [1.807, 2.05) is 97.1 Å². The molecule has 6 atom stereocenters. The van der Waals surface area contributed by atoms with Gasteiger partial charge in [-0.25, -0.2) is 9.80 Å². The number of fused-ring (bicyclic) bond motifs is 1. The number of aromatic nitrogens is 1. The fraction of sp³-hybridized carbons (Fsp3) is 0.409. The van der Waals surface area contributed by atoms with E-state index < -0.39 is 53.8 Å². The van der Waals surface area contributed by atoms with Gasteiger partial charge in [-0.2, -0.15) is 0 Å². The number of nitrogens with one attached hydrogen (secondary N) is 2. The van der Waals surface area contributed by atoms with Crippen LogP contribution in [0.1, 0.15) is 43.9 Å². The van der Waals surface area contributed by atoms with Gasteiger partial charge in [-0.3, -0.25) is 20.0 Å².